The number of amides is 1. The summed E-state index contributed by atoms with van der Waals surface area (Å²) in [5.74, 6) is -1.40. The Morgan fingerprint density at radius 2 is 1.85 bits per heavy atom. The molecule has 0 bridgehead atoms. The molecule has 0 saturated heterocycles. The van der Waals surface area contributed by atoms with Crippen LogP contribution in [0.15, 0.2) is 54.7 Å². The van der Waals surface area contributed by atoms with E-state index in [1.807, 2.05) is 0 Å². The lowest BCUT2D eigenvalue weighted by Gasteiger charge is -2.13. The molecule has 0 radical (unpaired) electrons. The van der Waals surface area contributed by atoms with Crippen molar-refractivity contribution in [2.24, 2.45) is 0 Å². The molecule has 1 heterocycles. The molecule has 0 spiro atoms. The van der Waals surface area contributed by atoms with E-state index in [4.69, 9.17) is 11.6 Å². The molecule has 1 N–H and O–H groups in total. The van der Waals surface area contributed by atoms with Crippen molar-refractivity contribution < 1.29 is 22.4 Å². The molecule has 4 nitrogen and oxygen atoms in total. The highest BCUT2D eigenvalue weighted by Crippen LogP contribution is 2.33. The van der Waals surface area contributed by atoms with Crippen molar-refractivity contribution in [3.63, 3.8) is 0 Å². The van der Waals surface area contributed by atoms with Crippen LogP contribution in [0.2, 0.25) is 5.02 Å². The number of alkyl halides is 3. The third-order valence-electron chi connectivity index (χ3n) is 3.75. The molecule has 27 heavy (non-hydrogen) atoms. The number of nitrogens with zero attached hydrogens (tertiary/aromatic N) is 2. The first-order valence-electron chi connectivity index (χ1n) is 7.69. The van der Waals surface area contributed by atoms with Crippen molar-refractivity contribution in [1.82, 2.24) is 9.78 Å². The maximum absolute atomic E-state index is 13.9. The lowest BCUT2D eigenvalue weighted by Crippen LogP contribution is -2.15. The molecule has 2 aromatic carbocycles. The summed E-state index contributed by atoms with van der Waals surface area (Å²) in [7, 11) is 0. The first-order valence-corrected chi connectivity index (χ1v) is 8.07. The molecular formula is C18H12ClF4N3O. The van der Waals surface area contributed by atoms with Gasteiger partial charge in [0.2, 0.25) is 0 Å². The second-order valence-corrected chi connectivity index (χ2v) is 6.00. The number of nitrogens with one attached hydrogen (secondary N) is 1. The van der Waals surface area contributed by atoms with E-state index < -0.39 is 35.6 Å². The number of halogens is 5. The van der Waals surface area contributed by atoms with Crippen molar-refractivity contribution in [3.8, 4) is 0 Å². The number of benzene rings is 2. The SMILES string of the molecule is O=C(Nc1ccn(Cc2c(F)cccc2C(F)(F)F)n1)c1ccccc1Cl. The lowest BCUT2D eigenvalue weighted by atomic mass is 10.1. The average molecular weight is 398 g/mol. The van der Waals surface area contributed by atoms with Gasteiger partial charge in [-0.1, -0.05) is 29.8 Å². The topological polar surface area (TPSA) is 46.9 Å². The molecule has 9 heteroatoms. The first-order chi connectivity index (χ1) is 12.8. The van der Waals surface area contributed by atoms with Crippen molar-refractivity contribution in [2.45, 2.75) is 12.7 Å². The molecule has 1 aromatic heterocycles. The number of anilines is 1. The van der Waals surface area contributed by atoms with Crippen molar-refractivity contribution >= 4 is 23.3 Å². The Bertz CT molecular complexity index is 985. The summed E-state index contributed by atoms with van der Waals surface area (Å²) in [6.07, 6.45) is -3.35. The van der Waals surface area contributed by atoms with Gasteiger partial charge in [-0.3, -0.25) is 9.48 Å². The minimum Gasteiger partial charge on any atom is -0.305 e. The Labute approximate surface area is 156 Å². The maximum Gasteiger partial charge on any atom is 0.416 e. The van der Waals surface area contributed by atoms with Gasteiger partial charge in [0.15, 0.2) is 5.82 Å². The van der Waals surface area contributed by atoms with E-state index >= 15 is 0 Å². The lowest BCUT2D eigenvalue weighted by molar-refractivity contribution is -0.138. The van der Waals surface area contributed by atoms with E-state index in [0.717, 1.165) is 22.9 Å². The van der Waals surface area contributed by atoms with Gasteiger partial charge in [0.05, 0.1) is 22.7 Å². The molecule has 3 aromatic rings. The highest BCUT2D eigenvalue weighted by molar-refractivity contribution is 6.34. The number of hydrogen-bond donors (Lipinski definition) is 1. The van der Waals surface area contributed by atoms with E-state index in [2.05, 4.69) is 10.4 Å². The first kappa shape index (κ1) is 18.9. The highest BCUT2D eigenvalue weighted by atomic mass is 35.5. The molecule has 0 aliphatic rings. The van der Waals surface area contributed by atoms with E-state index in [9.17, 15) is 22.4 Å². The standard InChI is InChI=1S/C18H12ClF4N3O/c19-14-6-2-1-4-11(14)17(27)24-16-8-9-26(25-16)10-12-13(18(21,22)23)5-3-7-15(12)20/h1-9H,10H2,(H,24,25,27). The Kier molecular flexibility index (Phi) is 5.18. The van der Waals surface area contributed by atoms with Gasteiger partial charge < -0.3 is 5.32 Å². The molecular weight excluding hydrogens is 386 g/mol. The van der Waals surface area contributed by atoms with E-state index in [1.54, 1.807) is 18.2 Å². The second kappa shape index (κ2) is 7.40. The monoisotopic (exact) mass is 397 g/mol. The third kappa shape index (κ3) is 4.28. The number of carbonyl (C=O) groups excluding carboxylic acids is 1. The maximum atomic E-state index is 13.9. The Balaban J connectivity index is 1.80. The van der Waals surface area contributed by atoms with Crippen molar-refractivity contribution in [1.29, 1.82) is 0 Å². The van der Waals surface area contributed by atoms with Gasteiger partial charge in [-0.05, 0) is 24.3 Å². The van der Waals surface area contributed by atoms with Crippen LogP contribution in [0.1, 0.15) is 21.5 Å². The van der Waals surface area contributed by atoms with E-state index in [1.165, 1.54) is 18.3 Å². The van der Waals surface area contributed by atoms with Gasteiger partial charge in [-0.15, -0.1) is 0 Å². The summed E-state index contributed by atoms with van der Waals surface area (Å²) < 4.78 is 54.2. The molecule has 0 aliphatic carbocycles. The smallest absolute Gasteiger partial charge is 0.305 e. The predicted octanol–water partition coefficient (Wildman–Crippen LogP) is 5.00. The van der Waals surface area contributed by atoms with E-state index in [-0.39, 0.29) is 16.4 Å². The van der Waals surface area contributed by atoms with Gasteiger partial charge in [-0.2, -0.15) is 18.3 Å². The van der Waals surface area contributed by atoms with Crippen LogP contribution in [0.4, 0.5) is 23.4 Å². The summed E-state index contributed by atoms with van der Waals surface area (Å²) >= 11 is 5.94. The molecule has 0 saturated carbocycles. The van der Waals surface area contributed by atoms with Crippen LogP contribution in [-0.4, -0.2) is 15.7 Å². The Hall–Kier alpha value is -2.87. The Morgan fingerprint density at radius 3 is 2.56 bits per heavy atom. The average Bonchev–Trinajstić information content (AvgIpc) is 3.03. The van der Waals surface area contributed by atoms with Gasteiger partial charge in [0, 0.05) is 17.8 Å². The number of aromatic nitrogens is 2. The predicted molar refractivity (Wildman–Crippen MR) is 92.1 cm³/mol. The zero-order valence-electron chi connectivity index (χ0n) is 13.6. The summed E-state index contributed by atoms with van der Waals surface area (Å²) in [4.78, 5) is 12.2. The van der Waals surface area contributed by atoms with Crippen LogP contribution in [-0.2, 0) is 12.7 Å². The van der Waals surface area contributed by atoms with Gasteiger partial charge in [0.25, 0.3) is 5.91 Å². The van der Waals surface area contributed by atoms with Crippen LogP contribution in [0.5, 0.6) is 0 Å². The molecule has 0 aliphatic heterocycles. The summed E-state index contributed by atoms with van der Waals surface area (Å²) in [6.45, 7) is -0.441. The van der Waals surface area contributed by atoms with E-state index in [0.29, 0.717) is 0 Å². The van der Waals surface area contributed by atoms with Crippen LogP contribution in [0, 0.1) is 5.82 Å². The summed E-state index contributed by atoms with van der Waals surface area (Å²) in [6, 6.07) is 10.5. The summed E-state index contributed by atoms with van der Waals surface area (Å²) in [5.41, 5.74) is -1.38. The fraction of sp³-hybridized carbons (Fsp3) is 0.111. The van der Waals surface area contributed by atoms with Crippen LogP contribution < -0.4 is 5.32 Å². The molecule has 3 rings (SSSR count). The van der Waals surface area contributed by atoms with Crippen molar-refractivity contribution in [2.75, 3.05) is 5.32 Å². The molecule has 140 valence electrons. The molecule has 0 atom stereocenters. The normalized spacial score (nSPS) is 11.4. The molecule has 0 unspecified atom stereocenters. The zero-order chi connectivity index (χ0) is 19.6. The van der Waals surface area contributed by atoms with Crippen LogP contribution in [0.25, 0.3) is 0 Å². The fourth-order valence-corrected chi connectivity index (χ4v) is 2.71. The van der Waals surface area contributed by atoms with Gasteiger partial charge in [-0.25, -0.2) is 4.39 Å². The van der Waals surface area contributed by atoms with Crippen LogP contribution >= 0.6 is 11.6 Å². The Morgan fingerprint density at radius 1 is 1.11 bits per heavy atom. The minimum atomic E-state index is -4.69. The highest BCUT2D eigenvalue weighted by Gasteiger charge is 2.34. The van der Waals surface area contributed by atoms with Gasteiger partial charge in [0.1, 0.15) is 5.82 Å². The zero-order valence-corrected chi connectivity index (χ0v) is 14.4. The second-order valence-electron chi connectivity index (χ2n) is 5.60. The quantitative estimate of drug-likeness (QED) is 0.630. The number of rotatable bonds is 4. The number of hydrogen-bond acceptors (Lipinski definition) is 2. The minimum absolute atomic E-state index is 0.102. The van der Waals surface area contributed by atoms with Crippen molar-refractivity contribution in [3.05, 3.63) is 82.3 Å². The largest absolute Gasteiger partial charge is 0.416 e. The summed E-state index contributed by atoms with van der Waals surface area (Å²) in [5, 5.41) is 6.71. The molecule has 0 fully saturated rings. The third-order valence-corrected chi connectivity index (χ3v) is 4.07. The van der Waals surface area contributed by atoms with Gasteiger partial charge >= 0.3 is 6.18 Å². The molecule has 1 amide bonds. The number of carbonyl (C=O) groups is 1. The van der Waals surface area contributed by atoms with Crippen LogP contribution in [0.3, 0.4) is 0 Å². The fourth-order valence-electron chi connectivity index (χ4n) is 2.49.